The number of carbonyl (C=O) groups is 2. The van der Waals surface area contributed by atoms with Crippen molar-refractivity contribution in [2.45, 2.75) is 12.1 Å². The molecule has 1 N–H and O–H groups in total. The Morgan fingerprint density at radius 2 is 1.95 bits per heavy atom. The number of halogens is 4. The molecule has 1 saturated heterocycles. The summed E-state index contributed by atoms with van der Waals surface area (Å²) in [6.07, 6.45) is -0.318. The number of hydrogen-bond acceptors (Lipinski definition) is 2. The first-order chi connectivity index (χ1) is 9.24. The van der Waals surface area contributed by atoms with Crippen LogP contribution in [-0.2, 0) is 4.79 Å². The molecule has 8 heteroatoms. The van der Waals surface area contributed by atoms with Gasteiger partial charge in [-0.3, -0.25) is 4.79 Å². The summed E-state index contributed by atoms with van der Waals surface area (Å²) in [6, 6.07) is 1.92. The lowest BCUT2D eigenvalue weighted by molar-refractivity contribution is -0.149. The van der Waals surface area contributed by atoms with Crippen LogP contribution < -0.4 is 0 Å². The van der Waals surface area contributed by atoms with Gasteiger partial charge in [-0.1, -0.05) is 23.2 Å². The van der Waals surface area contributed by atoms with Crippen LogP contribution in [0.4, 0.5) is 8.78 Å². The molecule has 1 aliphatic heterocycles. The molecule has 2 rings (SSSR count). The first kappa shape index (κ1) is 15.0. The van der Waals surface area contributed by atoms with Crippen LogP contribution in [0.15, 0.2) is 12.1 Å². The highest BCUT2D eigenvalue weighted by atomic mass is 35.5. The maximum absolute atomic E-state index is 13.9. The van der Waals surface area contributed by atoms with Gasteiger partial charge in [0.25, 0.3) is 5.91 Å². The Balaban J connectivity index is 2.26. The highest BCUT2D eigenvalue weighted by Gasteiger charge is 2.47. The van der Waals surface area contributed by atoms with Gasteiger partial charge in [-0.05, 0) is 12.1 Å². The molecule has 0 spiro atoms. The molecule has 4 nitrogen and oxygen atoms in total. The molecular formula is C12H9Cl2F2NO3. The van der Waals surface area contributed by atoms with E-state index in [9.17, 15) is 18.4 Å². The molecule has 1 unspecified atom stereocenters. The van der Waals surface area contributed by atoms with E-state index in [4.69, 9.17) is 28.3 Å². The molecular weight excluding hydrogens is 315 g/mol. The fourth-order valence-corrected chi connectivity index (χ4v) is 2.44. The monoisotopic (exact) mass is 323 g/mol. The summed E-state index contributed by atoms with van der Waals surface area (Å²) >= 11 is 11.3. The van der Waals surface area contributed by atoms with E-state index < -0.39 is 29.9 Å². The van der Waals surface area contributed by atoms with Crippen LogP contribution in [0.3, 0.4) is 0 Å². The van der Waals surface area contributed by atoms with E-state index in [1.54, 1.807) is 0 Å². The van der Waals surface area contributed by atoms with Gasteiger partial charge in [0.05, 0.1) is 22.2 Å². The van der Waals surface area contributed by atoms with Gasteiger partial charge in [-0.15, -0.1) is 0 Å². The summed E-state index contributed by atoms with van der Waals surface area (Å²) < 4.78 is 27.2. The topological polar surface area (TPSA) is 57.6 Å². The molecule has 1 aromatic carbocycles. The van der Waals surface area contributed by atoms with Gasteiger partial charge in [0, 0.05) is 13.0 Å². The van der Waals surface area contributed by atoms with E-state index in [1.165, 1.54) is 0 Å². The molecule has 1 heterocycles. The minimum absolute atomic E-state index is 0.0758. The zero-order chi connectivity index (χ0) is 15.1. The van der Waals surface area contributed by atoms with Crippen LogP contribution in [0.25, 0.3) is 0 Å². The number of likely N-dealkylation sites (tertiary alicyclic amines) is 1. The number of hydrogen-bond donors (Lipinski definition) is 1. The van der Waals surface area contributed by atoms with Crippen molar-refractivity contribution >= 4 is 35.1 Å². The fourth-order valence-electron chi connectivity index (χ4n) is 1.98. The van der Waals surface area contributed by atoms with Crippen molar-refractivity contribution in [3.05, 3.63) is 33.6 Å². The van der Waals surface area contributed by atoms with E-state index in [-0.39, 0.29) is 28.6 Å². The summed E-state index contributed by atoms with van der Waals surface area (Å²) in [7, 11) is 0. The Morgan fingerprint density at radius 1 is 1.30 bits per heavy atom. The minimum Gasteiger partial charge on any atom is -0.479 e. The van der Waals surface area contributed by atoms with E-state index in [2.05, 4.69) is 0 Å². The third kappa shape index (κ3) is 2.58. The van der Waals surface area contributed by atoms with Crippen LogP contribution in [0.5, 0.6) is 0 Å². The highest BCUT2D eigenvalue weighted by molar-refractivity contribution is 6.36. The van der Waals surface area contributed by atoms with Crippen molar-refractivity contribution in [2.75, 3.05) is 13.1 Å². The highest BCUT2D eigenvalue weighted by Crippen LogP contribution is 2.30. The standard InChI is InChI=1S/C12H9Cl2F2NO3/c13-7-4-8(14)9(15)3-6(7)10(18)17-2-1-12(16,5-17)11(19)20/h3-4H,1-2,5H2,(H,19,20). The lowest BCUT2D eigenvalue weighted by atomic mass is 10.1. The van der Waals surface area contributed by atoms with Crippen molar-refractivity contribution in [3.63, 3.8) is 0 Å². The number of nitrogens with zero attached hydrogens (tertiary/aromatic N) is 1. The third-order valence-corrected chi connectivity index (χ3v) is 3.73. The molecule has 108 valence electrons. The predicted molar refractivity (Wildman–Crippen MR) is 68.4 cm³/mol. The van der Waals surface area contributed by atoms with Crippen molar-refractivity contribution in [1.82, 2.24) is 4.90 Å². The van der Waals surface area contributed by atoms with Gasteiger partial charge in [0.1, 0.15) is 5.82 Å². The minimum atomic E-state index is -2.48. The molecule has 1 aromatic rings. The summed E-state index contributed by atoms with van der Waals surface area (Å²) in [5, 5.41) is 8.45. The molecule has 0 radical (unpaired) electrons. The predicted octanol–water partition coefficient (Wildman–Crippen LogP) is 2.77. The second-order valence-electron chi connectivity index (χ2n) is 4.49. The van der Waals surface area contributed by atoms with Gasteiger partial charge in [-0.25, -0.2) is 13.6 Å². The summed E-state index contributed by atoms with van der Waals surface area (Å²) in [5.41, 5.74) is -2.66. The molecule has 0 aromatic heterocycles. The van der Waals surface area contributed by atoms with Crippen molar-refractivity contribution in [3.8, 4) is 0 Å². The number of carboxylic acid groups (broad SMARTS) is 1. The molecule has 0 saturated carbocycles. The zero-order valence-electron chi connectivity index (χ0n) is 10.00. The Morgan fingerprint density at radius 3 is 2.50 bits per heavy atom. The molecule has 1 amide bonds. The third-order valence-electron chi connectivity index (χ3n) is 3.13. The number of aliphatic carboxylic acids is 1. The molecule has 1 atom stereocenters. The van der Waals surface area contributed by atoms with E-state index in [0.29, 0.717) is 0 Å². The summed E-state index contributed by atoms with van der Waals surface area (Å²) in [6.45, 7) is -0.677. The first-order valence-electron chi connectivity index (χ1n) is 5.61. The van der Waals surface area contributed by atoms with Crippen LogP contribution >= 0.6 is 23.2 Å². The van der Waals surface area contributed by atoms with Crippen LogP contribution in [0.1, 0.15) is 16.8 Å². The Kier molecular flexibility index (Phi) is 3.88. The van der Waals surface area contributed by atoms with Crippen molar-refractivity contribution in [1.29, 1.82) is 0 Å². The Bertz CT molecular complexity index is 596. The smallest absolute Gasteiger partial charge is 0.343 e. The average Bonchev–Trinajstić information content (AvgIpc) is 2.77. The van der Waals surface area contributed by atoms with Gasteiger partial charge in [0.15, 0.2) is 0 Å². The normalized spacial score (nSPS) is 22.1. The summed E-state index contributed by atoms with van der Waals surface area (Å²) in [4.78, 5) is 23.9. The Labute approximate surface area is 122 Å². The van der Waals surface area contributed by atoms with Crippen molar-refractivity contribution < 1.29 is 23.5 Å². The van der Waals surface area contributed by atoms with Crippen molar-refractivity contribution in [2.24, 2.45) is 0 Å². The number of benzene rings is 1. The first-order valence-corrected chi connectivity index (χ1v) is 6.36. The Hall–Kier alpha value is -1.40. The molecule has 0 aliphatic carbocycles. The molecule has 1 aliphatic rings. The lowest BCUT2D eigenvalue weighted by Gasteiger charge is -2.18. The maximum atomic E-state index is 13.9. The number of carboxylic acids is 1. The van der Waals surface area contributed by atoms with Gasteiger partial charge >= 0.3 is 5.97 Å². The van der Waals surface area contributed by atoms with Gasteiger partial charge < -0.3 is 10.0 Å². The summed E-state index contributed by atoms with van der Waals surface area (Å²) in [5.74, 6) is -3.18. The largest absolute Gasteiger partial charge is 0.479 e. The molecule has 20 heavy (non-hydrogen) atoms. The molecule has 0 bridgehead atoms. The number of alkyl halides is 1. The number of carbonyl (C=O) groups excluding carboxylic acids is 1. The zero-order valence-corrected chi connectivity index (χ0v) is 11.5. The average molecular weight is 324 g/mol. The van der Waals surface area contributed by atoms with Gasteiger partial charge in [0.2, 0.25) is 5.67 Å². The SMILES string of the molecule is O=C(c1cc(F)c(Cl)cc1Cl)N1CCC(F)(C(=O)O)C1. The second kappa shape index (κ2) is 5.18. The van der Waals surface area contributed by atoms with E-state index >= 15 is 0 Å². The van der Waals surface area contributed by atoms with Crippen LogP contribution in [0.2, 0.25) is 10.0 Å². The molecule has 1 fully saturated rings. The number of rotatable bonds is 2. The van der Waals surface area contributed by atoms with E-state index in [1.807, 2.05) is 0 Å². The van der Waals surface area contributed by atoms with Crippen LogP contribution in [0, 0.1) is 5.82 Å². The fraction of sp³-hybridized carbons (Fsp3) is 0.333. The lowest BCUT2D eigenvalue weighted by Crippen LogP contribution is -2.39. The maximum Gasteiger partial charge on any atom is 0.343 e. The number of amides is 1. The van der Waals surface area contributed by atoms with Crippen LogP contribution in [-0.4, -0.2) is 40.6 Å². The van der Waals surface area contributed by atoms with Gasteiger partial charge in [-0.2, -0.15) is 0 Å². The second-order valence-corrected chi connectivity index (χ2v) is 5.31. The van der Waals surface area contributed by atoms with E-state index in [0.717, 1.165) is 17.0 Å². The quantitative estimate of drug-likeness (QED) is 0.851.